The zero-order valence-corrected chi connectivity index (χ0v) is 30.2. The Kier molecular flexibility index (Phi) is 10.1. The summed E-state index contributed by atoms with van der Waals surface area (Å²) in [6.45, 7) is 10.4. The van der Waals surface area contributed by atoms with Crippen molar-refractivity contribution in [3.05, 3.63) is 90.0 Å². The number of amides is 2. The molecule has 2 saturated heterocycles. The first-order valence-electron chi connectivity index (χ1n) is 17.9. The fourth-order valence-corrected chi connectivity index (χ4v) is 6.62. The maximum atomic E-state index is 13.4. The van der Waals surface area contributed by atoms with E-state index in [4.69, 9.17) is 23.7 Å². The van der Waals surface area contributed by atoms with Gasteiger partial charge in [0.2, 0.25) is 0 Å². The molecular formula is C41H46N4O7. The van der Waals surface area contributed by atoms with E-state index in [9.17, 15) is 9.59 Å². The minimum absolute atomic E-state index is 0.172. The second-order valence-electron chi connectivity index (χ2n) is 14.2. The quantitative estimate of drug-likeness (QED) is 0.183. The maximum Gasteiger partial charge on any atom is 0.410 e. The number of benzene rings is 4. The minimum atomic E-state index is -0.550. The molecule has 272 valence electrons. The molecule has 3 heterocycles. The van der Waals surface area contributed by atoms with Crippen LogP contribution < -0.4 is 29.7 Å². The van der Waals surface area contributed by atoms with Gasteiger partial charge in [0.25, 0.3) is 5.91 Å². The van der Waals surface area contributed by atoms with E-state index >= 15 is 0 Å². The normalized spacial score (nSPS) is 16.9. The van der Waals surface area contributed by atoms with Gasteiger partial charge in [-0.1, -0.05) is 18.2 Å². The van der Waals surface area contributed by atoms with Crippen LogP contribution in [-0.4, -0.2) is 81.7 Å². The highest BCUT2D eigenvalue weighted by Gasteiger charge is 2.31. The number of ether oxygens (including phenoxy) is 5. The first-order chi connectivity index (χ1) is 25.1. The minimum Gasteiger partial charge on any atom is -0.493 e. The summed E-state index contributed by atoms with van der Waals surface area (Å²) in [6.07, 6.45) is 0.884. The number of likely N-dealkylation sites (tertiary alicyclic amines) is 1. The molecule has 0 spiro atoms. The van der Waals surface area contributed by atoms with E-state index in [0.717, 1.165) is 60.1 Å². The smallest absolute Gasteiger partial charge is 0.410 e. The van der Waals surface area contributed by atoms with Gasteiger partial charge in [-0.05, 0) is 98.1 Å². The van der Waals surface area contributed by atoms with Crippen LogP contribution in [-0.2, 0) is 15.9 Å². The molecule has 0 unspecified atom stereocenters. The average Bonchev–Trinajstić information content (AvgIpc) is 3.56. The van der Waals surface area contributed by atoms with Crippen molar-refractivity contribution >= 4 is 34.7 Å². The molecule has 0 aromatic heterocycles. The van der Waals surface area contributed by atoms with Crippen molar-refractivity contribution in [2.75, 3.05) is 68.6 Å². The molecule has 2 amide bonds. The molecule has 3 aliphatic heterocycles. The Labute approximate surface area is 304 Å². The van der Waals surface area contributed by atoms with Gasteiger partial charge in [0.15, 0.2) is 11.5 Å². The first-order valence-corrected chi connectivity index (χ1v) is 17.9. The molecule has 2 N–H and O–H groups in total. The summed E-state index contributed by atoms with van der Waals surface area (Å²) in [7, 11) is 1.61. The second-order valence-corrected chi connectivity index (χ2v) is 14.2. The number of anilines is 4. The Morgan fingerprint density at radius 2 is 1.62 bits per heavy atom. The summed E-state index contributed by atoms with van der Waals surface area (Å²) in [5, 5.41) is 6.56. The number of hydrogen-bond acceptors (Lipinski definition) is 9. The van der Waals surface area contributed by atoms with Gasteiger partial charge in [0, 0.05) is 38.2 Å². The molecule has 52 heavy (non-hydrogen) atoms. The third kappa shape index (κ3) is 8.21. The molecule has 7 rings (SSSR count). The third-order valence-electron chi connectivity index (χ3n) is 9.33. The van der Waals surface area contributed by atoms with Crippen molar-refractivity contribution in [1.82, 2.24) is 4.90 Å². The van der Waals surface area contributed by atoms with Gasteiger partial charge in [0.05, 0.1) is 56.1 Å². The Hall–Kier alpha value is -5.42. The monoisotopic (exact) mass is 706 g/mol. The largest absolute Gasteiger partial charge is 0.493 e. The SMILES string of the molecule is COc1cc(-c2ccc3c(c2)Nc2ccc(CCOc4ccc(N5CCOCC5)cc4)cc2NC3=O)ccc1O[C@H]1CCN(C(=O)OC(C)(C)C)C1. The Bertz CT molecular complexity index is 1920. The van der Waals surface area contributed by atoms with Gasteiger partial charge in [-0.15, -0.1) is 0 Å². The van der Waals surface area contributed by atoms with Crippen LogP contribution in [0.1, 0.15) is 43.1 Å². The molecule has 11 nitrogen and oxygen atoms in total. The average molecular weight is 707 g/mol. The van der Waals surface area contributed by atoms with Crippen LogP contribution >= 0.6 is 0 Å². The lowest BCUT2D eigenvalue weighted by molar-refractivity contribution is 0.0275. The topological polar surface area (TPSA) is 111 Å². The van der Waals surface area contributed by atoms with Gasteiger partial charge in [-0.25, -0.2) is 4.79 Å². The maximum absolute atomic E-state index is 13.4. The van der Waals surface area contributed by atoms with E-state index in [1.54, 1.807) is 12.0 Å². The second kappa shape index (κ2) is 15.1. The highest BCUT2D eigenvalue weighted by Crippen LogP contribution is 2.38. The first kappa shape index (κ1) is 35.0. The lowest BCUT2D eigenvalue weighted by Gasteiger charge is -2.28. The van der Waals surface area contributed by atoms with E-state index in [2.05, 4.69) is 33.7 Å². The zero-order valence-electron chi connectivity index (χ0n) is 30.2. The highest BCUT2D eigenvalue weighted by atomic mass is 16.6. The van der Waals surface area contributed by atoms with Gasteiger partial charge in [-0.3, -0.25) is 4.79 Å². The highest BCUT2D eigenvalue weighted by molar-refractivity contribution is 6.12. The van der Waals surface area contributed by atoms with Gasteiger partial charge >= 0.3 is 6.09 Å². The molecule has 11 heteroatoms. The predicted octanol–water partition coefficient (Wildman–Crippen LogP) is 7.52. The summed E-state index contributed by atoms with van der Waals surface area (Å²) >= 11 is 0. The van der Waals surface area contributed by atoms with E-state index in [1.807, 2.05) is 81.4 Å². The van der Waals surface area contributed by atoms with Crippen LogP contribution in [0.15, 0.2) is 78.9 Å². The lowest BCUT2D eigenvalue weighted by atomic mass is 10.0. The van der Waals surface area contributed by atoms with E-state index in [-0.39, 0.29) is 18.1 Å². The molecular weight excluding hydrogens is 660 g/mol. The molecule has 0 bridgehead atoms. The van der Waals surface area contributed by atoms with Crippen molar-refractivity contribution < 1.29 is 33.3 Å². The molecule has 2 fully saturated rings. The standard InChI is InChI=1S/C41H46N4O7/c1-41(2,3)52-40(47)45-17-15-32(26-45)51-37-14-7-29(25-38(37)48-4)28-6-12-33-35(24-28)42-34-13-5-27(23-36(34)43-39(33)46)16-20-50-31-10-8-30(9-11-31)44-18-21-49-22-19-44/h5-14,23-25,32,42H,15-22,26H2,1-4H3,(H,43,46)/t32-/m0/s1. The summed E-state index contributed by atoms with van der Waals surface area (Å²) in [5.74, 6) is 1.83. The number of carbonyl (C=O) groups excluding carboxylic acids is 2. The van der Waals surface area contributed by atoms with E-state index < -0.39 is 5.60 Å². The van der Waals surface area contributed by atoms with Crippen LogP contribution in [0.5, 0.6) is 17.2 Å². The Balaban J connectivity index is 0.984. The van der Waals surface area contributed by atoms with Crippen LogP contribution in [0, 0.1) is 0 Å². The third-order valence-corrected chi connectivity index (χ3v) is 9.33. The van der Waals surface area contributed by atoms with Crippen LogP contribution in [0.4, 0.5) is 27.5 Å². The zero-order chi connectivity index (χ0) is 36.2. The molecule has 4 aromatic carbocycles. The number of nitrogens with one attached hydrogen (secondary N) is 2. The number of morpholine rings is 1. The Morgan fingerprint density at radius 1 is 0.846 bits per heavy atom. The molecule has 1 atom stereocenters. The lowest BCUT2D eigenvalue weighted by Crippen LogP contribution is -2.36. The fraction of sp³-hybridized carbons (Fsp3) is 0.366. The summed E-state index contributed by atoms with van der Waals surface area (Å²) in [4.78, 5) is 29.9. The van der Waals surface area contributed by atoms with Gasteiger partial charge < -0.3 is 44.1 Å². The van der Waals surface area contributed by atoms with Gasteiger partial charge in [0.1, 0.15) is 17.5 Å². The van der Waals surface area contributed by atoms with Crippen molar-refractivity contribution in [2.45, 2.75) is 45.3 Å². The van der Waals surface area contributed by atoms with Crippen LogP contribution in [0.3, 0.4) is 0 Å². The predicted molar refractivity (Wildman–Crippen MR) is 202 cm³/mol. The molecule has 4 aromatic rings. The summed E-state index contributed by atoms with van der Waals surface area (Å²) in [6, 6.07) is 25.8. The fourth-order valence-electron chi connectivity index (χ4n) is 6.62. The number of hydrogen-bond donors (Lipinski definition) is 2. The number of nitrogens with zero attached hydrogens (tertiary/aromatic N) is 2. The van der Waals surface area contributed by atoms with Crippen LogP contribution in [0.25, 0.3) is 11.1 Å². The number of methoxy groups -OCH3 is 1. The summed E-state index contributed by atoms with van der Waals surface area (Å²) in [5.41, 5.74) is 6.29. The van der Waals surface area contributed by atoms with Gasteiger partial charge in [-0.2, -0.15) is 0 Å². The van der Waals surface area contributed by atoms with Crippen molar-refractivity contribution in [3.63, 3.8) is 0 Å². The van der Waals surface area contributed by atoms with Crippen molar-refractivity contribution in [3.8, 4) is 28.4 Å². The number of rotatable bonds is 9. The number of carbonyl (C=O) groups is 2. The molecule has 0 aliphatic carbocycles. The molecule has 0 radical (unpaired) electrons. The molecule has 0 saturated carbocycles. The van der Waals surface area contributed by atoms with E-state index in [1.165, 1.54) is 5.69 Å². The van der Waals surface area contributed by atoms with Crippen molar-refractivity contribution in [1.29, 1.82) is 0 Å². The van der Waals surface area contributed by atoms with Crippen LogP contribution in [0.2, 0.25) is 0 Å². The summed E-state index contributed by atoms with van der Waals surface area (Å²) < 4.78 is 29.0. The molecule has 3 aliphatic rings. The Morgan fingerprint density at radius 3 is 2.38 bits per heavy atom. The van der Waals surface area contributed by atoms with E-state index in [0.29, 0.717) is 55.3 Å². The number of fused-ring (bicyclic) bond motifs is 2. The van der Waals surface area contributed by atoms with Crippen molar-refractivity contribution in [2.24, 2.45) is 0 Å².